The second-order valence-corrected chi connectivity index (χ2v) is 7.11. The molecule has 152 valence electrons. The number of oxazole rings is 1. The molecule has 1 atom stereocenters. The third-order valence-electron chi connectivity index (χ3n) is 4.69. The number of aromatic nitrogens is 1. The molecule has 1 saturated heterocycles. The molecular weight excluding hydrogens is 414 g/mol. The van der Waals surface area contributed by atoms with Gasteiger partial charge in [-0.25, -0.2) is 4.39 Å². The van der Waals surface area contributed by atoms with Gasteiger partial charge in [0, 0.05) is 30.2 Å². The Labute approximate surface area is 167 Å². The lowest BCUT2D eigenvalue weighted by Crippen LogP contribution is -2.33. The van der Waals surface area contributed by atoms with Crippen LogP contribution in [0, 0.1) is 5.82 Å². The first-order valence-electron chi connectivity index (χ1n) is 8.70. The molecule has 10 heteroatoms. The van der Waals surface area contributed by atoms with Gasteiger partial charge < -0.3 is 14.6 Å². The summed E-state index contributed by atoms with van der Waals surface area (Å²) in [5.74, 6) is -2.19. The molecule has 1 amide bonds. The van der Waals surface area contributed by atoms with Crippen molar-refractivity contribution in [2.75, 3.05) is 18.4 Å². The molecule has 2 aromatic carbocycles. The Kier molecular flexibility index (Phi) is 4.85. The molecule has 2 heterocycles. The van der Waals surface area contributed by atoms with Gasteiger partial charge in [-0.3, -0.25) is 4.79 Å². The number of anilines is 1. The minimum absolute atomic E-state index is 0.0872. The number of likely N-dealkylation sites (tertiary alicyclic amines) is 1. The summed E-state index contributed by atoms with van der Waals surface area (Å²) in [6, 6.07) is 7.35. The summed E-state index contributed by atoms with van der Waals surface area (Å²) < 4.78 is 59.2. The zero-order chi connectivity index (χ0) is 20.8. The highest BCUT2D eigenvalue weighted by Gasteiger charge is 2.39. The van der Waals surface area contributed by atoms with Gasteiger partial charge in [-0.15, -0.1) is 0 Å². The number of carbonyl (C=O) groups excluding carboxylic acids is 1. The Morgan fingerprint density at radius 3 is 2.83 bits per heavy atom. The van der Waals surface area contributed by atoms with Gasteiger partial charge in [-0.05, 0) is 30.7 Å². The molecule has 1 fully saturated rings. The molecule has 4 rings (SSSR count). The largest absolute Gasteiger partial charge is 0.423 e. The number of nitrogens with zero attached hydrogens (tertiary/aromatic N) is 2. The molecule has 29 heavy (non-hydrogen) atoms. The van der Waals surface area contributed by atoms with Gasteiger partial charge >= 0.3 is 6.18 Å². The van der Waals surface area contributed by atoms with Crippen LogP contribution in [-0.2, 0) is 6.18 Å². The Morgan fingerprint density at radius 2 is 2.07 bits per heavy atom. The van der Waals surface area contributed by atoms with E-state index in [1.54, 1.807) is 18.2 Å². The van der Waals surface area contributed by atoms with Crippen molar-refractivity contribution in [3.05, 3.63) is 58.4 Å². The van der Waals surface area contributed by atoms with E-state index in [4.69, 9.17) is 16.0 Å². The standard InChI is InChI=1S/C19H14ClF4N3O2/c20-10-4-5-14-15(8-10)29-18(26-14)25-11-6-7-27(9-11)17(28)16-12(19(22,23)24)2-1-3-13(16)21/h1-5,8,11H,6-7,9H2,(H,25,26). The summed E-state index contributed by atoms with van der Waals surface area (Å²) in [4.78, 5) is 18.1. The SMILES string of the molecule is O=C(c1c(F)cccc1C(F)(F)F)N1CCC(Nc2nc3ccc(Cl)cc3o2)C1. The summed E-state index contributed by atoms with van der Waals surface area (Å²) in [6.07, 6.45) is -4.38. The van der Waals surface area contributed by atoms with E-state index in [9.17, 15) is 22.4 Å². The highest BCUT2D eigenvalue weighted by Crippen LogP contribution is 2.34. The van der Waals surface area contributed by atoms with Crippen LogP contribution in [0.2, 0.25) is 5.02 Å². The average Bonchev–Trinajstić information content (AvgIpc) is 3.26. The Hall–Kier alpha value is -2.81. The van der Waals surface area contributed by atoms with E-state index in [0.29, 0.717) is 28.6 Å². The number of nitrogens with one attached hydrogen (secondary N) is 1. The molecule has 0 aliphatic carbocycles. The first kappa shape index (κ1) is 19.5. The number of hydrogen-bond donors (Lipinski definition) is 1. The minimum Gasteiger partial charge on any atom is -0.423 e. The number of alkyl halides is 3. The van der Waals surface area contributed by atoms with Crippen molar-refractivity contribution in [1.82, 2.24) is 9.88 Å². The molecule has 3 aromatic rings. The molecule has 1 aliphatic rings. The first-order valence-corrected chi connectivity index (χ1v) is 9.08. The van der Waals surface area contributed by atoms with E-state index in [1.807, 2.05) is 0 Å². The van der Waals surface area contributed by atoms with Crippen LogP contribution in [-0.4, -0.2) is 34.9 Å². The fourth-order valence-corrected chi connectivity index (χ4v) is 3.50. The van der Waals surface area contributed by atoms with Crippen LogP contribution in [0.5, 0.6) is 0 Å². The highest BCUT2D eigenvalue weighted by molar-refractivity contribution is 6.31. The first-order chi connectivity index (χ1) is 13.7. The quantitative estimate of drug-likeness (QED) is 0.600. The van der Waals surface area contributed by atoms with Crippen molar-refractivity contribution < 1.29 is 26.8 Å². The number of fused-ring (bicyclic) bond motifs is 1. The average molecular weight is 428 g/mol. The van der Waals surface area contributed by atoms with Crippen molar-refractivity contribution in [3.63, 3.8) is 0 Å². The van der Waals surface area contributed by atoms with Crippen LogP contribution in [0.3, 0.4) is 0 Å². The Balaban J connectivity index is 1.50. The summed E-state index contributed by atoms with van der Waals surface area (Å²) in [6.45, 7) is 0.262. The van der Waals surface area contributed by atoms with Crippen LogP contribution >= 0.6 is 11.6 Å². The van der Waals surface area contributed by atoms with Gasteiger partial charge in [-0.2, -0.15) is 18.2 Å². The van der Waals surface area contributed by atoms with E-state index in [1.165, 1.54) is 4.90 Å². The number of carbonyl (C=O) groups is 1. The number of amides is 1. The fraction of sp³-hybridized carbons (Fsp3) is 0.263. The monoisotopic (exact) mass is 427 g/mol. The van der Waals surface area contributed by atoms with E-state index >= 15 is 0 Å². The van der Waals surface area contributed by atoms with E-state index < -0.39 is 29.0 Å². The number of benzene rings is 2. The molecule has 1 unspecified atom stereocenters. The Morgan fingerprint density at radius 1 is 1.28 bits per heavy atom. The van der Waals surface area contributed by atoms with Crippen LogP contribution < -0.4 is 5.32 Å². The molecule has 1 aromatic heterocycles. The number of rotatable bonds is 3. The lowest BCUT2D eigenvalue weighted by Gasteiger charge is -2.20. The van der Waals surface area contributed by atoms with Crippen molar-refractivity contribution in [3.8, 4) is 0 Å². The van der Waals surface area contributed by atoms with Gasteiger partial charge in [0.05, 0.1) is 11.1 Å². The van der Waals surface area contributed by atoms with Crippen molar-refractivity contribution in [2.45, 2.75) is 18.6 Å². The summed E-state index contributed by atoms with van der Waals surface area (Å²) in [7, 11) is 0. The van der Waals surface area contributed by atoms with Crippen LogP contribution in [0.15, 0.2) is 40.8 Å². The lowest BCUT2D eigenvalue weighted by atomic mass is 10.1. The molecule has 5 nitrogen and oxygen atoms in total. The van der Waals surface area contributed by atoms with E-state index in [2.05, 4.69) is 10.3 Å². The molecule has 0 bridgehead atoms. The molecule has 0 spiro atoms. The molecule has 0 saturated carbocycles. The normalized spacial score (nSPS) is 17.1. The van der Waals surface area contributed by atoms with Gasteiger partial charge in [-0.1, -0.05) is 17.7 Å². The third-order valence-corrected chi connectivity index (χ3v) is 4.92. The van der Waals surface area contributed by atoms with Gasteiger partial charge in [0.2, 0.25) is 0 Å². The predicted molar refractivity (Wildman–Crippen MR) is 98.4 cm³/mol. The van der Waals surface area contributed by atoms with Crippen LogP contribution in [0.1, 0.15) is 22.3 Å². The summed E-state index contributed by atoms with van der Waals surface area (Å²) >= 11 is 5.90. The van der Waals surface area contributed by atoms with Gasteiger partial charge in [0.15, 0.2) is 5.58 Å². The summed E-state index contributed by atoms with van der Waals surface area (Å²) in [5, 5.41) is 3.50. The van der Waals surface area contributed by atoms with Crippen LogP contribution in [0.25, 0.3) is 11.1 Å². The van der Waals surface area contributed by atoms with Gasteiger partial charge in [0.25, 0.3) is 11.9 Å². The zero-order valence-electron chi connectivity index (χ0n) is 14.8. The summed E-state index contributed by atoms with van der Waals surface area (Å²) in [5.41, 5.74) is -1.18. The maximum absolute atomic E-state index is 14.1. The lowest BCUT2D eigenvalue weighted by molar-refractivity contribution is -0.138. The van der Waals surface area contributed by atoms with E-state index in [0.717, 1.165) is 12.1 Å². The van der Waals surface area contributed by atoms with Crippen LogP contribution in [0.4, 0.5) is 23.6 Å². The highest BCUT2D eigenvalue weighted by atomic mass is 35.5. The predicted octanol–water partition coefficient (Wildman–Crippen LogP) is 4.97. The third kappa shape index (κ3) is 3.87. The molecular formula is C19H14ClF4N3O2. The van der Waals surface area contributed by atoms with E-state index in [-0.39, 0.29) is 25.1 Å². The van der Waals surface area contributed by atoms with Crippen molar-refractivity contribution in [2.24, 2.45) is 0 Å². The van der Waals surface area contributed by atoms with Crippen molar-refractivity contribution in [1.29, 1.82) is 0 Å². The second-order valence-electron chi connectivity index (χ2n) is 6.67. The molecule has 1 aliphatic heterocycles. The maximum atomic E-state index is 14.1. The van der Waals surface area contributed by atoms with Crippen molar-refractivity contribution >= 4 is 34.6 Å². The fourth-order valence-electron chi connectivity index (χ4n) is 3.33. The number of hydrogen-bond acceptors (Lipinski definition) is 4. The topological polar surface area (TPSA) is 58.4 Å². The zero-order valence-corrected chi connectivity index (χ0v) is 15.5. The maximum Gasteiger partial charge on any atom is 0.417 e. The smallest absolute Gasteiger partial charge is 0.417 e. The number of halogens is 5. The minimum atomic E-state index is -4.83. The molecule has 0 radical (unpaired) electrons. The molecule has 1 N–H and O–H groups in total. The second kappa shape index (κ2) is 7.22. The Bertz CT molecular complexity index is 1080. The van der Waals surface area contributed by atoms with Gasteiger partial charge in [0.1, 0.15) is 11.3 Å².